The summed E-state index contributed by atoms with van der Waals surface area (Å²) >= 11 is 0. The number of piperidine rings is 1. The maximum absolute atomic E-state index is 12.8. The van der Waals surface area contributed by atoms with Gasteiger partial charge < -0.3 is 19.9 Å². The lowest BCUT2D eigenvalue weighted by molar-refractivity contribution is -0.0436. The van der Waals surface area contributed by atoms with Crippen molar-refractivity contribution in [1.82, 2.24) is 20.0 Å². The number of likely N-dealkylation sites (tertiary alicyclic amines) is 3. The monoisotopic (exact) mass is 502 g/mol. The highest BCUT2D eigenvalue weighted by atomic mass is 32.2. The van der Waals surface area contributed by atoms with E-state index in [0.29, 0.717) is 51.4 Å². The Kier molecular flexibility index (Phi) is 5.28. The van der Waals surface area contributed by atoms with Crippen LogP contribution >= 0.6 is 0 Å². The number of nitrogens with zero attached hydrogens (tertiary/aromatic N) is 3. The molecule has 0 aromatic heterocycles. The minimum atomic E-state index is -5.37. The molecule has 3 amide bonds. The lowest BCUT2D eigenvalue weighted by Gasteiger charge is -2.56. The highest BCUT2D eigenvalue weighted by Crippen LogP contribution is 2.42. The first-order chi connectivity index (χ1) is 15.9. The van der Waals surface area contributed by atoms with E-state index in [2.05, 4.69) is 10.2 Å². The van der Waals surface area contributed by atoms with Crippen LogP contribution in [0.15, 0.2) is 29.2 Å². The number of alkyl carbamates (subject to hydrolysis) is 1. The normalized spacial score (nSPS) is 23.9. The number of sulfone groups is 1. The second-order valence-corrected chi connectivity index (χ2v) is 11.8. The van der Waals surface area contributed by atoms with Crippen molar-refractivity contribution in [3.8, 4) is 0 Å². The molecule has 0 aliphatic carbocycles. The van der Waals surface area contributed by atoms with Gasteiger partial charge in [0.15, 0.2) is 0 Å². The molecule has 4 heterocycles. The van der Waals surface area contributed by atoms with Crippen molar-refractivity contribution in [2.24, 2.45) is 5.41 Å². The van der Waals surface area contributed by atoms with Crippen molar-refractivity contribution >= 4 is 22.0 Å². The van der Waals surface area contributed by atoms with E-state index in [9.17, 15) is 31.2 Å². The molecule has 0 unspecified atom stereocenters. The number of carbonyl (C=O) groups is 2. The number of hydrogen-bond donors (Lipinski definition) is 1. The number of halogens is 3. The topological polar surface area (TPSA) is 99.3 Å². The third-order valence-electron chi connectivity index (χ3n) is 7.26. The Bertz CT molecular complexity index is 1100. The number of ether oxygens (including phenoxy) is 1. The second-order valence-electron chi connectivity index (χ2n) is 9.85. The molecule has 34 heavy (non-hydrogen) atoms. The van der Waals surface area contributed by atoms with Crippen LogP contribution < -0.4 is 5.32 Å². The summed E-state index contributed by atoms with van der Waals surface area (Å²) in [5, 5.41) is 2.76. The molecule has 2 spiro atoms. The van der Waals surface area contributed by atoms with E-state index in [1.165, 1.54) is 6.07 Å². The van der Waals surface area contributed by atoms with Crippen LogP contribution in [-0.4, -0.2) is 92.2 Å². The molecule has 4 saturated heterocycles. The summed E-state index contributed by atoms with van der Waals surface area (Å²) in [6.45, 7) is 4.28. The third kappa shape index (κ3) is 3.98. The zero-order chi connectivity index (χ0) is 24.4. The van der Waals surface area contributed by atoms with Crippen molar-refractivity contribution in [3.63, 3.8) is 0 Å². The van der Waals surface area contributed by atoms with E-state index in [4.69, 9.17) is 4.74 Å². The Balaban J connectivity index is 1.10. The molecule has 4 aliphatic heterocycles. The lowest BCUT2D eigenvalue weighted by atomic mass is 9.72. The zero-order valence-electron chi connectivity index (χ0n) is 18.3. The molecule has 9 nitrogen and oxygen atoms in total. The number of urea groups is 1. The fourth-order valence-electron chi connectivity index (χ4n) is 5.29. The van der Waals surface area contributed by atoms with E-state index in [1.54, 1.807) is 11.0 Å². The molecular formula is C21H25F3N4O5S. The van der Waals surface area contributed by atoms with Gasteiger partial charge in [0.05, 0.1) is 18.0 Å². The van der Waals surface area contributed by atoms with E-state index in [1.807, 2.05) is 4.90 Å². The first kappa shape index (κ1) is 23.2. The molecule has 5 rings (SSSR count). The highest BCUT2D eigenvalue weighted by Gasteiger charge is 2.54. The highest BCUT2D eigenvalue weighted by molar-refractivity contribution is 7.92. The number of amides is 3. The van der Waals surface area contributed by atoms with Gasteiger partial charge in [0.2, 0.25) is 0 Å². The fraction of sp³-hybridized carbons (Fsp3) is 0.619. The standard InChI is InChI=1S/C21H25F3N4O5S/c22-21(23,24)34(31,32)16-3-1-2-15(8-16)9-26-6-4-19(5-7-26)10-27(11-19)18(30)28-12-20(13-28)14-33-17(29)25-20/h1-3,8H,4-7,9-14H2,(H,25,29). The summed E-state index contributed by atoms with van der Waals surface area (Å²) in [4.78, 5) is 28.8. The summed E-state index contributed by atoms with van der Waals surface area (Å²) in [7, 11) is -5.37. The Hall–Kier alpha value is -2.54. The molecule has 0 atom stereocenters. The van der Waals surface area contributed by atoms with Gasteiger partial charge in [-0.25, -0.2) is 18.0 Å². The van der Waals surface area contributed by atoms with Gasteiger partial charge in [0.25, 0.3) is 9.84 Å². The maximum atomic E-state index is 12.8. The Morgan fingerprint density at radius 1 is 1.09 bits per heavy atom. The van der Waals surface area contributed by atoms with Gasteiger partial charge in [-0.2, -0.15) is 13.2 Å². The number of carbonyl (C=O) groups excluding carboxylic acids is 2. The van der Waals surface area contributed by atoms with E-state index >= 15 is 0 Å². The summed E-state index contributed by atoms with van der Waals surface area (Å²) in [5.41, 5.74) is -5.22. The zero-order valence-corrected chi connectivity index (χ0v) is 19.1. The van der Waals surface area contributed by atoms with Gasteiger partial charge in [0.1, 0.15) is 12.1 Å². The predicted octanol–water partition coefficient (Wildman–Crippen LogP) is 1.79. The fourth-order valence-corrected chi connectivity index (χ4v) is 6.12. The number of alkyl halides is 3. The SMILES string of the molecule is O=C1NC2(CO1)CN(C(=O)N1CC3(CCN(Cc4cccc(S(=O)(=O)C(F)(F)F)c4)CC3)C1)C2. The van der Waals surface area contributed by atoms with Crippen LogP contribution in [0.3, 0.4) is 0 Å². The molecule has 13 heteroatoms. The number of benzene rings is 1. The Labute approximate surface area is 194 Å². The molecule has 1 N–H and O–H groups in total. The molecule has 4 aliphatic rings. The quantitative estimate of drug-likeness (QED) is 0.677. The number of nitrogens with one attached hydrogen (secondary N) is 1. The minimum absolute atomic E-state index is 0.0393. The predicted molar refractivity (Wildman–Crippen MR) is 112 cm³/mol. The van der Waals surface area contributed by atoms with Crippen molar-refractivity contribution in [1.29, 1.82) is 0 Å². The van der Waals surface area contributed by atoms with Gasteiger partial charge in [-0.05, 0) is 43.6 Å². The number of cyclic esters (lactones) is 1. The molecule has 186 valence electrons. The summed E-state index contributed by atoms with van der Waals surface area (Å²) < 4.78 is 66.8. The first-order valence-electron chi connectivity index (χ1n) is 11.0. The van der Waals surface area contributed by atoms with Crippen LogP contribution in [0, 0.1) is 5.41 Å². The van der Waals surface area contributed by atoms with Crippen molar-refractivity contribution < 1.29 is 35.9 Å². The molecule has 0 saturated carbocycles. The van der Waals surface area contributed by atoms with Crippen LogP contribution in [0.1, 0.15) is 18.4 Å². The van der Waals surface area contributed by atoms with E-state index in [0.717, 1.165) is 25.0 Å². The van der Waals surface area contributed by atoms with Crippen molar-refractivity contribution in [3.05, 3.63) is 29.8 Å². The molecular weight excluding hydrogens is 477 g/mol. The minimum Gasteiger partial charge on any atom is -0.447 e. The van der Waals surface area contributed by atoms with Gasteiger partial charge in [-0.1, -0.05) is 12.1 Å². The number of hydrogen-bond acceptors (Lipinski definition) is 6. The summed E-state index contributed by atoms with van der Waals surface area (Å²) in [5.74, 6) is 0. The Morgan fingerprint density at radius 2 is 1.74 bits per heavy atom. The van der Waals surface area contributed by atoms with Crippen molar-refractivity contribution in [2.45, 2.75) is 35.3 Å². The summed E-state index contributed by atoms with van der Waals surface area (Å²) in [6.07, 6.45) is 1.26. The molecule has 4 fully saturated rings. The number of rotatable bonds is 3. The van der Waals surface area contributed by atoms with Crippen LogP contribution in [0.4, 0.5) is 22.8 Å². The lowest BCUT2D eigenvalue weighted by Crippen LogP contribution is -2.73. The Morgan fingerprint density at radius 3 is 2.32 bits per heavy atom. The summed E-state index contributed by atoms with van der Waals surface area (Å²) in [6, 6.07) is 4.97. The van der Waals surface area contributed by atoms with Crippen molar-refractivity contribution in [2.75, 3.05) is 45.9 Å². The largest absolute Gasteiger partial charge is 0.501 e. The van der Waals surface area contributed by atoms with E-state index < -0.39 is 31.9 Å². The van der Waals surface area contributed by atoms with Crippen LogP contribution in [-0.2, 0) is 21.1 Å². The third-order valence-corrected chi connectivity index (χ3v) is 8.75. The van der Waals surface area contributed by atoms with Crippen LogP contribution in [0.5, 0.6) is 0 Å². The van der Waals surface area contributed by atoms with Gasteiger partial charge in [0, 0.05) is 25.0 Å². The molecule has 1 aromatic rings. The van der Waals surface area contributed by atoms with Gasteiger partial charge in [-0.15, -0.1) is 0 Å². The second kappa shape index (κ2) is 7.74. The smallest absolute Gasteiger partial charge is 0.447 e. The maximum Gasteiger partial charge on any atom is 0.501 e. The van der Waals surface area contributed by atoms with Gasteiger partial charge >= 0.3 is 17.6 Å². The van der Waals surface area contributed by atoms with Gasteiger partial charge in [-0.3, -0.25) is 4.90 Å². The first-order valence-corrected chi connectivity index (χ1v) is 12.5. The molecule has 0 bridgehead atoms. The van der Waals surface area contributed by atoms with Crippen LogP contribution in [0.2, 0.25) is 0 Å². The molecule has 0 radical (unpaired) electrons. The average Bonchev–Trinajstić information content (AvgIpc) is 3.13. The average molecular weight is 503 g/mol. The van der Waals surface area contributed by atoms with E-state index in [-0.39, 0.29) is 18.1 Å². The molecule has 1 aromatic carbocycles. The van der Waals surface area contributed by atoms with Crippen LogP contribution in [0.25, 0.3) is 0 Å².